The van der Waals surface area contributed by atoms with Crippen LogP contribution in [0, 0.1) is 0 Å². The van der Waals surface area contributed by atoms with Gasteiger partial charge in [-0.25, -0.2) is 9.78 Å². The van der Waals surface area contributed by atoms with E-state index in [1.165, 1.54) is 0 Å². The minimum absolute atomic E-state index is 0.0384. The summed E-state index contributed by atoms with van der Waals surface area (Å²) in [5.74, 6) is -0.0480. The molecule has 6 heteroatoms. The number of furan rings is 1. The van der Waals surface area contributed by atoms with Crippen molar-refractivity contribution in [1.29, 1.82) is 0 Å². The van der Waals surface area contributed by atoms with Gasteiger partial charge in [0.05, 0.1) is 23.0 Å². The minimum atomic E-state index is -0.497. The van der Waals surface area contributed by atoms with Crippen LogP contribution in [-0.2, 0) is 16.0 Å². The van der Waals surface area contributed by atoms with Crippen LogP contribution in [-0.4, -0.2) is 29.5 Å². The van der Waals surface area contributed by atoms with Crippen LogP contribution in [0.25, 0.3) is 22.6 Å². The van der Waals surface area contributed by atoms with E-state index in [2.05, 4.69) is 5.32 Å². The standard InChI is InChI=1S/C24H24N2O4/c1-3-15(2)25-21(27)14-30-24(28)22-18-8-4-5-9-20(18)26-23-16(10-11-19(22)23)13-17-7-6-12-29-17/h4-9,12-13,15H,3,10-11,14H2,1-2H3,(H,25,27). The Morgan fingerprint density at radius 3 is 2.83 bits per heavy atom. The van der Waals surface area contributed by atoms with Crippen LogP contribution in [0.15, 0.2) is 47.1 Å². The van der Waals surface area contributed by atoms with Gasteiger partial charge in [-0.1, -0.05) is 25.1 Å². The minimum Gasteiger partial charge on any atom is -0.465 e. The molecule has 0 saturated heterocycles. The predicted molar refractivity (Wildman–Crippen MR) is 115 cm³/mol. The average Bonchev–Trinajstić information content (AvgIpc) is 3.40. The van der Waals surface area contributed by atoms with Crippen LogP contribution in [0.3, 0.4) is 0 Å². The normalized spacial score (nSPS) is 15.2. The fraction of sp³-hybridized carbons (Fsp3) is 0.292. The quantitative estimate of drug-likeness (QED) is 0.617. The molecule has 3 aromatic rings. The molecule has 0 radical (unpaired) electrons. The summed E-state index contributed by atoms with van der Waals surface area (Å²) in [6, 6.07) is 11.3. The maximum absolute atomic E-state index is 13.0. The molecule has 1 unspecified atom stereocenters. The number of esters is 1. The van der Waals surface area contributed by atoms with E-state index in [0.29, 0.717) is 12.0 Å². The van der Waals surface area contributed by atoms with Gasteiger partial charge >= 0.3 is 5.97 Å². The summed E-state index contributed by atoms with van der Waals surface area (Å²) in [6.07, 6.45) is 5.84. The number of hydrogen-bond acceptors (Lipinski definition) is 5. The van der Waals surface area contributed by atoms with Gasteiger partial charge in [0.25, 0.3) is 5.91 Å². The monoisotopic (exact) mass is 404 g/mol. The number of aromatic nitrogens is 1. The first kappa shape index (κ1) is 19.9. The molecule has 2 aromatic heterocycles. The molecule has 1 atom stereocenters. The van der Waals surface area contributed by atoms with Crippen LogP contribution in [0.1, 0.15) is 54.1 Å². The van der Waals surface area contributed by atoms with Crippen molar-refractivity contribution < 1.29 is 18.7 Å². The maximum atomic E-state index is 13.0. The Kier molecular flexibility index (Phi) is 5.65. The Labute approximate surface area is 174 Å². The summed E-state index contributed by atoms with van der Waals surface area (Å²) < 4.78 is 10.8. The van der Waals surface area contributed by atoms with Gasteiger partial charge in [0.15, 0.2) is 6.61 Å². The average molecular weight is 404 g/mol. The van der Waals surface area contributed by atoms with Crippen LogP contribution in [0.4, 0.5) is 0 Å². The molecule has 0 saturated carbocycles. The van der Waals surface area contributed by atoms with Crippen molar-refractivity contribution in [2.24, 2.45) is 0 Å². The van der Waals surface area contributed by atoms with Crippen molar-refractivity contribution in [3.63, 3.8) is 0 Å². The highest BCUT2D eigenvalue weighted by Gasteiger charge is 2.28. The Hall–Kier alpha value is -3.41. The first-order valence-corrected chi connectivity index (χ1v) is 10.2. The van der Waals surface area contributed by atoms with Crippen LogP contribution in [0.5, 0.6) is 0 Å². The number of benzene rings is 1. The third-order valence-corrected chi connectivity index (χ3v) is 5.36. The maximum Gasteiger partial charge on any atom is 0.339 e. The fourth-order valence-electron chi connectivity index (χ4n) is 3.68. The zero-order chi connectivity index (χ0) is 21.1. The van der Waals surface area contributed by atoms with E-state index < -0.39 is 5.97 Å². The SMILES string of the molecule is CCC(C)NC(=O)COC(=O)c1c2c(nc3ccccc13)C(=Cc1ccco1)CC2. The van der Waals surface area contributed by atoms with E-state index in [9.17, 15) is 9.59 Å². The number of nitrogens with zero attached hydrogens (tertiary/aromatic N) is 1. The summed E-state index contributed by atoms with van der Waals surface area (Å²) in [5, 5.41) is 3.55. The number of nitrogens with one attached hydrogen (secondary N) is 1. The number of ether oxygens (including phenoxy) is 1. The van der Waals surface area contributed by atoms with Gasteiger partial charge < -0.3 is 14.5 Å². The number of hydrogen-bond donors (Lipinski definition) is 1. The highest BCUT2D eigenvalue weighted by Crippen LogP contribution is 2.37. The molecular weight excluding hydrogens is 380 g/mol. The van der Waals surface area contributed by atoms with Crippen LogP contribution in [0.2, 0.25) is 0 Å². The van der Waals surface area contributed by atoms with Gasteiger partial charge in [0.2, 0.25) is 0 Å². The van der Waals surface area contributed by atoms with E-state index in [1.807, 2.05) is 56.3 Å². The molecule has 0 spiro atoms. The molecule has 1 aliphatic carbocycles. The number of amides is 1. The molecule has 154 valence electrons. The van der Waals surface area contributed by atoms with Gasteiger partial charge in [0, 0.05) is 11.4 Å². The number of carbonyl (C=O) groups is 2. The van der Waals surface area contributed by atoms with Gasteiger partial charge in [-0.05, 0) is 61.6 Å². The molecule has 1 N–H and O–H groups in total. The largest absolute Gasteiger partial charge is 0.465 e. The molecule has 0 bridgehead atoms. The lowest BCUT2D eigenvalue weighted by Gasteiger charge is -2.14. The summed E-state index contributed by atoms with van der Waals surface area (Å²) in [6.45, 7) is 3.59. The number of carbonyl (C=O) groups excluding carboxylic acids is 2. The first-order chi connectivity index (χ1) is 14.6. The van der Waals surface area contributed by atoms with Crippen molar-refractivity contribution in [3.05, 3.63) is 65.2 Å². The molecule has 0 aliphatic heterocycles. The molecule has 4 rings (SSSR count). The van der Waals surface area contributed by atoms with E-state index in [-0.39, 0.29) is 18.6 Å². The Balaban J connectivity index is 1.68. The smallest absolute Gasteiger partial charge is 0.339 e. The van der Waals surface area contributed by atoms with Crippen molar-refractivity contribution in [3.8, 4) is 0 Å². The molecular formula is C24H24N2O4. The van der Waals surface area contributed by atoms with E-state index in [4.69, 9.17) is 14.1 Å². The summed E-state index contributed by atoms with van der Waals surface area (Å²) in [5.41, 5.74) is 3.89. The summed E-state index contributed by atoms with van der Waals surface area (Å²) >= 11 is 0. The molecule has 1 aliphatic rings. The van der Waals surface area contributed by atoms with Gasteiger partial charge in [-0.3, -0.25) is 4.79 Å². The molecule has 6 nitrogen and oxygen atoms in total. The number of para-hydroxylation sites is 1. The topological polar surface area (TPSA) is 81.4 Å². The second-order valence-electron chi connectivity index (χ2n) is 7.47. The van der Waals surface area contributed by atoms with Crippen molar-refractivity contribution in [2.45, 2.75) is 39.2 Å². The summed E-state index contributed by atoms with van der Waals surface area (Å²) in [7, 11) is 0. The van der Waals surface area contributed by atoms with Gasteiger partial charge in [-0.2, -0.15) is 0 Å². The number of fused-ring (bicyclic) bond motifs is 2. The van der Waals surface area contributed by atoms with E-state index >= 15 is 0 Å². The lowest BCUT2D eigenvalue weighted by atomic mass is 10.0. The third-order valence-electron chi connectivity index (χ3n) is 5.36. The van der Waals surface area contributed by atoms with Crippen molar-refractivity contribution in [1.82, 2.24) is 10.3 Å². The molecule has 1 aromatic carbocycles. The number of pyridine rings is 1. The summed E-state index contributed by atoms with van der Waals surface area (Å²) in [4.78, 5) is 29.9. The Morgan fingerprint density at radius 2 is 2.07 bits per heavy atom. The third kappa shape index (κ3) is 3.99. The van der Waals surface area contributed by atoms with Crippen LogP contribution < -0.4 is 5.32 Å². The molecule has 30 heavy (non-hydrogen) atoms. The highest BCUT2D eigenvalue weighted by atomic mass is 16.5. The molecule has 0 fully saturated rings. The lowest BCUT2D eigenvalue weighted by molar-refractivity contribution is -0.124. The van der Waals surface area contributed by atoms with Crippen LogP contribution >= 0.6 is 0 Å². The Morgan fingerprint density at radius 1 is 1.23 bits per heavy atom. The fourth-order valence-corrected chi connectivity index (χ4v) is 3.68. The first-order valence-electron chi connectivity index (χ1n) is 10.2. The highest BCUT2D eigenvalue weighted by molar-refractivity contribution is 6.07. The van der Waals surface area contributed by atoms with Gasteiger partial charge in [0.1, 0.15) is 5.76 Å². The Bertz CT molecular complexity index is 1120. The second kappa shape index (κ2) is 8.53. The van der Waals surface area contributed by atoms with Gasteiger partial charge in [-0.15, -0.1) is 0 Å². The zero-order valence-electron chi connectivity index (χ0n) is 17.1. The second-order valence-corrected chi connectivity index (χ2v) is 7.47. The molecule has 2 heterocycles. The predicted octanol–water partition coefficient (Wildman–Crippen LogP) is 4.39. The van der Waals surface area contributed by atoms with Crippen molar-refractivity contribution in [2.75, 3.05) is 6.61 Å². The van der Waals surface area contributed by atoms with E-state index in [0.717, 1.165) is 46.3 Å². The molecule has 1 amide bonds. The zero-order valence-corrected chi connectivity index (χ0v) is 17.1. The van der Waals surface area contributed by atoms with E-state index in [1.54, 1.807) is 6.26 Å². The number of allylic oxidation sites excluding steroid dienone is 1. The van der Waals surface area contributed by atoms with Crippen molar-refractivity contribution >= 4 is 34.4 Å². The lowest BCUT2D eigenvalue weighted by Crippen LogP contribution is -2.35. The number of rotatable bonds is 6.